The molecule has 0 fully saturated rings. The lowest BCUT2D eigenvalue weighted by Crippen LogP contribution is -2.14. The van der Waals surface area contributed by atoms with Gasteiger partial charge >= 0.3 is 0 Å². The predicted molar refractivity (Wildman–Crippen MR) is 108 cm³/mol. The fourth-order valence-electron chi connectivity index (χ4n) is 2.58. The summed E-state index contributed by atoms with van der Waals surface area (Å²) in [4.78, 5) is 16.7. The molecule has 0 unspecified atom stereocenters. The van der Waals surface area contributed by atoms with Crippen LogP contribution in [0.4, 0.5) is 5.13 Å². The predicted octanol–water partition coefficient (Wildman–Crippen LogP) is 3.62. The average Bonchev–Trinajstić information content (AvgIpc) is 3.28. The first kappa shape index (κ1) is 17.6. The van der Waals surface area contributed by atoms with Crippen LogP contribution < -0.4 is 5.32 Å². The summed E-state index contributed by atoms with van der Waals surface area (Å²) in [5.74, 6) is 0.0517. The number of hydrogen-bond acceptors (Lipinski definition) is 7. The largest absolute Gasteiger partial charge is 0.301 e. The van der Waals surface area contributed by atoms with Gasteiger partial charge in [-0.25, -0.2) is 4.98 Å². The lowest BCUT2D eigenvalue weighted by Gasteiger charge is -2.08. The van der Waals surface area contributed by atoms with Crippen LogP contribution in [0.15, 0.2) is 47.6 Å². The second kappa shape index (κ2) is 7.45. The highest BCUT2D eigenvalue weighted by atomic mass is 32.2. The molecule has 7 nitrogen and oxygen atoms in total. The third-order valence-electron chi connectivity index (χ3n) is 3.91. The molecule has 0 saturated carbocycles. The Bertz CT molecular complexity index is 1090. The number of thiazole rings is 1. The van der Waals surface area contributed by atoms with Gasteiger partial charge in [0.05, 0.1) is 21.7 Å². The number of tetrazole rings is 1. The van der Waals surface area contributed by atoms with Crippen molar-refractivity contribution in [1.29, 1.82) is 0 Å². The molecule has 27 heavy (non-hydrogen) atoms. The molecule has 2 aromatic carbocycles. The van der Waals surface area contributed by atoms with Crippen molar-refractivity contribution in [2.45, 2.75) is 19.0 Å². The Hall–Kier alpha value is -2.78. The zero-order valence-electron chi connectivity index (χ0n) is 14.7. The normalized spacial score (nSPS) is 11.0. The van der Waals surface area contributed by atoms with Crippen LogP contribution in [0.5, 0.6) is 0 Å². The first-order valence-electron chi connectivity index (χ1n) is 8.24. The number of para-hydroxylation sites is 1. The molecule has 0 aliphatic rings. The molecule has 4 rings (SSSR count). The van der Waals surface area contributed by atoms with Gasteiger partial charge in [-0.15, -0.1) is 5.10 Å². The van der Waals surface area contributed by atoms with Gasteiger partial charge in [-0.1, -0.05) is 47.4 Å². The fraction of sp³-hybridized carbons (Fsp3) is 0.167. The number of aryl methyl sites for hydroxylation is 2. The molecular formula is C18H16N6OS2. The van der Waals surface area contributed by atoms with E-state index in [9.17, 15) is 4.79 Å². The van der Waals surface area contributed by atoms with Gasteiger partial charge < -0.3 is 5.32 Å². The number of anilines is 1. The monoisotopic (exact) mass is 396 g/mol. The molecule has 1 amide bonds. The third-order valence-corrected chi connectivity index (χ3v) is 5.78. The van der Waals surface area contributed by atoms with Crippen LogP contribution in [0.25, 0.3) is 15.9 Å². The van der Waals surface area contributed by atoms with Crippen LogP contribution in [0.1, 0.15) is 11.1 Å². The molecule has 0 atom stereocenters. The van der Waals surface area contributed by atoms with Crippen molar-refractivity contribution < 1.29 is 4.79 Å². The summed E-state index contributed by atoms with van der Waals surface area (Å²) < 4.78 is 2.71. The molecular weight excluding hydrogens is 380 g/mol. The zero-order valence-corrected chi connectivity index (χ0v) is 16.3. The highest BCUT2D eigenvalue weighted by Gasteiger charge is 2.14. The topological polar surface area (TPSA) is 85.6 Å². The quantitative estimate of drug-likeness (QED) is 0.519. The molecule has 136 valence electrons. The van der Waals surface area contributed by atoms with Crippen molar-refractivity contribution in [3.05, 3.63) is 53.6 Å². The minimum Gasteiger partial charge on any atom is -0.301 e. The number of amides is 1. The standard InChI is InChI=1S/C18H16N6OS2/c1-11-7-8-12(2)14(9-11)24-18(21-22-23-24)26-10-16(25)20-17-19-13-5-3-4-6-15(13)27-17/h3-9H,10H2,1-2H3,(H,19,20,25). The number of nitrogens with zero attached hydrogens (tertiary/aromatic N) is 5. The van der Waals surface area contributed by atoms with Gasteiger partial charge in [0.2, 0.25) is 11.1 Å². The summed E-state index contributed by atoms with van der Waals surface area (Å²) in [5.41, 5.74) is 3.97. The number of nitrogens with one attached hydrogen (secondary N) is 1. The number of aromatic nitrogens is 5. The van der Waals surface area contributed by atoms with Crippen molar-refractivity contribution >= 4 is 44.4 Å². The van der Waals surface area contributed by atoms with E-state index in [1.165, 1.54) is 23.1 Å². The highest BCUT2D eigenvalue weighted by molar-refractivity contribution is 7.99. The molecule has 0 bridgehead atoms. The number of carbonyl (C=O) groups excluding carboxylic acids is 1. The molecule has 0 spiro atoms. The van der Waals surface area contributed by atoms with Crippen LogP contribution in [-0.2, 0) is 4.79 Å². The van der Waals surface area contributed by atoms with Crippen LogP contribution >= 0.6 is 23.1 Å². The maximum Gasteiger partial charge on any atom is 0.236 e. The molecule has 0 aliphatic carbocycles. The first-order chi connectivity index (χ1) is 13.1. The van der Waals surface area contributed by atoms with E-state index < -0.39 is 0 Å². The van der Waals surface area contributed by atoms with Crippen LogP contribution in [-0.4, -0.2) is 36.9 Å². The SMILES string of the molecule is Cc1ccc(C)c(-n2nnnc2SCC(=O)Nc2nc3ccccc3s2)c1. The van der Waals surface area contributed by atoms with Crippen molar-refractivity contribution in [2.24, 2.45) is 0 Å². The van der Waals surface area contributed by atoms with E-state index >= 15 is 0 Å². The van der Waals surface area contributed by atoms with Gasteiger partial charge in [-0.3, -0.25) is 4.79 Å². The van der Waals surface area contributed by atoms with Gasteiger partial charge in [-0.05, 0) is 53.6 Å². The maximum atomic E-state index is 12.3. The van der Waals surface area contributed by atoms with E-state index in [0.29, 0.717) is 10.3 Å². The molecule has 0 saturated heterocycles. The summed E-state index contributed by atoms with van der Waals surface area (Å²) in [6.45, 7) is 4.02. The first-order valence-corrected chi connectivity index (χ1v) is 10.0. The minimum absolute atomic E-state index is 0.144. The molecule has 9 heteroatoms. The minimum atomic E-state index is -0.144. The van der Waals surface area contributed by atoms with Crippen molar-refractivity contribution in [3.8, 4) is 5.69 Å². The molecule has 0 radical (unpaired) electrons. The molecule has 2 aromatic heterocycles. The second-order valence-electron chi connectivity index (χ2n) is 5.99. The number of benzene rings is 2. The lowest BCUT2D eigenvalue weighted by molar-refractivity contribution is -0.113. The Morgan fingerprint density at radius 2 is 2.07 bits per heavy atom. The number of rotatable bonds is 5. The van der Waals surface area contributed by atoms with Gasteiger partial charge in [0.25, 0.3) is 0 Å². The molecule has 4 aromatic rings. The molecule has 2 heterocycles. The van der Waals surface area contributed by atoms with E-state index in [2.05, 4.69) is 25.8 Å². The Morgan fingerprint density at radius 3 is 2.93 bits per heavy atom. The van der Waals surface area contributed by atoms with E-state index in [4.69, 9.17) is 0 Å². The fourth-order valence-corrected chi connectivity index (χ4v) is 4.14. The van der Waals surface area contributed by atoms with Crippen molar-refractivity contribution in [1.82, 2.24) is 25.2 Å². The van der Waals surface area contributed by atoms with E-state index in [0.717, 1.165) is 27.0 Å². The third kappa shape index (κ3) is 3.83. The van der Waals surface area contributed by atoms with Gasteiger partial charge in [-0.2, -0.15) is 4.68 Å². The van der Waals surface area contributed by atoms with Gasteiger partial charge in [0, 0.05) is 0 Å². The van der Waals surface area contributed by atoms with Crippen molar-refractivity contribution in [2.75, 3.05) is 11.1 Å². The molecule has 0 aliphatic heterocycles. The van der Waals surface area contributed by atoms with Crippen LogP contribution in [0.2, 0.25) is 0 Å². The van der Waals surface area contributed by atoms with E-state index in [1.807, 2.05) is 56.3 Å². The Kier molecular flexibility index (Phi) is 4.87. The van der Waals surface area contributed by atoms with Crippen LogP contribution in [0, 0.1) is 13.8 Å². The Labute approximate surface area is 163 Å². The number of carbonyl (C=O) groups is 1. The van der Waals surface area contributed by atoms with Crippen LogP contribution in [0.3, 0.4) is 0 Å². The van der Waals surface area contributed by atoms with Gasteiger partial charge in [0.15, 0.2) is 5.13 Å². The van der Waals surface area contributed by atoms with E-state index in [1.54, 1.807) is 4.68 Å². The number of fused-ring (bicyclic) bond motifs is 1. The highest BCUT2D eigenvalue weighted by Crippen LogP contribution is 2.26. The average molecular weight is 397 g/mol. The summed E-state index contributed by atoms with van der Waals surface area (Å²) >= 11 is 2.74. The molecule has 1 N–H and O–H groups in total. The van der Waals surface area contributed by atoms with E-state index in [-0.39, 0.29) is 11.7 Å². The Balaban J connectivity index is 1.45. The smallest absolute Gasteiger partial charge is 0.236 e. The summed E-state index contributed by atoms with van der Waals surface area (Å²) in [7, 11) is 0. The summed E-state index contributed by atoms with van der Waals surface area (Å²) in [6.07, 6.45) is 0. The maximum absolute atomic E-state index is 12.3. The number of hydrogen-bond donors (Lipinski definition) is 1. The lowest BCUT2D eigenvalue weighted by atomic mass is 10.1. The van der Waals surface area contributed by atoms with Crippen molar-refractivity contribution in [3.63, 3.8) is 0 Å². The summed E-state index contributed by atoms with van der Waals surface area (Å²) in [6, 6.07) is 13.9. The van der Waals surface area contributed by atoms with Gasteiger partial charge in [0.1, 0.15) is 0 Å². The zero-order chi connectivity index (χ0) is 18.8. The number of thioether (sulfide) groups is 1. The second-order valence-corrected chi connectivity index (χ2v) is 7.96. The summed E-state index contributed by atoms with van der Waals surface area (Å²) in [5, 5.41) is 15.9. The Morgan fingerprint density at radius 1 is 1.22 bits per heavy atom.